The Labute approximate surface area is 340 Å². The van der Waals surface area contributed by atoms with Gasteiger partial charge >= 0.3 is 0 Å². The van der Waals surface area contributed by atoms with Crippen LogP contribution >= 0.6 is 0 Å². The average Bonchev–Trinajstić information content (AvgIpc) is 3.74. The molecule has 58 heavy (non-hydrogen) atoms. The van der Waals surface area contributed by atoms with E-state index in [0.29, 0.717) is 5.75 Å². The number of hydrogen-bond acceptors (Lipinski definition) is 4. The highest BCUT2D eigenvalue weighted by molar-refractivity contribution is 5.87. The van der Waals surface area contributed by atoms with Gasteiger partial charge in [-0.25, -0.2) is 0 Å². The summed E-state index contributed by atoms with van der Waals surface area (Å²) in [6, 6.07) is 62.9. The first-order valence-electron chi connectivity index (χ1n) is 19.6. The molecule has 8 aromatic carbocycles. The Hall–Kier alpha value is -7.04. The van der Waals surface area contributed by atoms with Crippen LogP contribution in [-0.4, -0.2) is 24.4 Å². The Bertz CT molecular complexity index is 2710. The highest BCUT2D eigenvalue weighted by Crippen LogP contribution is 2.58. The van der Waals surface area contributed by atoms with E-state index in [-0.39, 0.29) is 5.75 Å². The van der Waals surface area contributed by atoms with Gasteiger partial charge in [-0.3, -0.25) is 0 Å². The van der Waals surface area contributed by atoms with Gasteiger partial charge in [0.15, 0.2) is 0 Å². The number of phenols is 2. The van der Waals surface area contributed by atoms with E-state index in [1.807, 2.05) is 37.3 Å². The minimum Gasteiger partial charge on any atom is -0.508 e. The number of ether oxygens (including phenoxy) is 2. The molecule has 0 bridgehead atoms. The maximum absolute atomic E-state index is 10.2. The van der Waals surface area contributed by atoms with Crippen LogP contribution in [-0.2, 0) is 10.8 Å². The average molecular weight is 757 g/mol. The summed E-state index contributed by atoms with van der Waals surface area (Å²) >= 11 is 0. The zero-order chi connectivity index (χ0) is 40.0. The van der Waals surface area contributed by atoms with Gasteiger partial charge in [-0.2, -0.15) is 0 Å². The predicted molar refractivity (Wildman–Crippen MR) is 233 cm³/mol. The molecule has 4 nitrogen and oxygen atoms in total. The summed E-state index contributed by atoms with van der Waals surface area (Å²) in [6.07, 6.45) is 0. The van der Waals surface area contributed by atoms with E-state index in [1.165, 1.54) is 55.6 Å². The van der Waals surface area contributed by atoms with Crippen molar-refractivity contribution in [2.75, 3.05) is 14.2 Å². The van der Waals surface area contributed by atoms with E-state index >= 15 is 0 Å². The molecule has 0 saturated heterocycles. The van der Waals surface area contributed by atoms with Gasteiger partial charge in [0.25, 0.3) is 0 Å². The molecule has 0 heterocycles. The number of hydrogen-bond donors (Lipinski definition) is 2. The number of rotatable bonds is 6. The maximum Gasteiger partial charge on any atom is 0.121 e. The van der Waals surface area contributed by atoms with E-state index in [2.05, 4.69) is 146 Å². The molecular formula is C54H44O4. The molecule has 2 N–H and O–H groups in total. The van der Waals surface area contributed by atoms with Crippen LogP contribution in [0, 0.1) is 13.8 Å². The van der Waals surface area contributed by atoms with E-state index in [0.717, 1.165) is 33.8 Å². The smallest absolute Gasteiger partial charge is 0.121 e. The Balaban J connectivity index is 0.000000151. The molecule has 4 heteroatoms. The van der Waals surface area contributed by atoms with Crippen LogP contribution in [0.1, 0.15) is 55.6 Å². The van der Waals surface area contributed by atoms with Gasteiger partial charge in [0.2, 0.25) is 0 Å². The van der Waals surface area contributed by atoms with E-state index in [9.17, 15) is 10.2 Å². The van der Waals surface area contributed by atoms with Crippen LogP contribution in [0.2, 0.25) is 0 Å². The topological polar surface area (TPSA) is 58.9 Å². The minimum atomic E-state index is -0.456. The van der Waals surface area contributed by atoms with Gasteiger partial charge < -0.3 is 19.7 Å². The van der Waals surface area contributed by atoms with Crippen molar-refractivity contribution in [2.24, 2.45) is 0 Å². The van der Waals surface area contributed by atoms with Crippen LogP contribution in [0.4, 0.5) is 0 Å². The molecule has 2 aliphatic carbocycles. The standard InChI is InChI=1S/C28H24O2.C26H20O2/c1-18-16-20(12-14-26(18)29)28(21-13-15-27(30-3)19(2)17-21)24-10-6-4-8-22(24)23-9-5-7-11-25(23)28;1-28-21-16-12-19(13-17-21)26(18-10-14-20(27)15-11-18)24-8-4-2-6-22(24)23-7-3-5-9-25(23)26/h4-17,29H,1-3H3;2-17,27H,1H3. The lowest BCUT2D eigenvalue weighted by Crippen LogP contribution is -2.28. The van der Waals surface area contributed by atoms with Gasteiger partial charge in [-0.15, -0.1) is 0 Å². The molecule has 0 aromatic heterocycles. The van der Waals surface area contributed by atoms with Crippen LogP contribution in [0.25, 0.3) is 22.3 Å². The predicted octanol–water partition coefficient (Wildman–Crippen LogP) is 12.1. The first-order chi connectivity index (χ1) is 28.3. The molecule has 0 unspecified atom stereocenters. The number of aromatic hydroxyl groups is 2. The summed E-state index contributed by atoms with van der Waals surface area (Å²) in [5.41, 5.74) is 15.8. The normalized spacial score (nSPS) is 13.6. The third-order valence-corrected chi connectivity index (χ3v) is 12.2. The van der Waals surface area contributed by atoms with Crippen molar-refractivity contribution in [2.45, 2.75) is 24.7 Å². The van der Waals surface area contributed by atoms with Gasteiger partial charge in [0.05, 0.1) is 25.0 Å². The Kier molecular flexibility index (Phi) is 9.13. The number of aryl methyl sites for hydroxylation is 2. The molecule has 0 atom stereocenters. The second-order valence-corrected chi connectivity index (χ2v) is 15.1. The Morgan fingerprint density at radius 1 is 0.379 bits per heavy atom. The highest BCUT2D eigenvalue weighted by Gasteiger charge is 2.47. The summed E-state index contributed by atoms with van der Waals surface area (Å²) in [6.45, 7) is 4.05. The molecule has 10 rings (SSSR count). The zero-order valence-corrected chi connectivity index (χ0v) is 33.0. The van der Waals surface area contributed by atoms with Crippen LogP contribution in [0.3, 0.4) is 0 Å². The molecule has 8 aromatic rings. The minimum absolute atomic E-state index is 0.271. The zero-order valence-electron chi connectivity index (χ0n) is 33.0. The number of fused-ring (bicyclic) bond motifs is 6. The lowest BCUT2D eigenvalue weighted by molar-refractivity contribution is 0.411. The highest BCUT2D eigenvalue weighted by atomic mass is 16.5. The fourth-order valence-electron chi connectivity index (χ4n) is 9.60. The second kappa shape index (κ2) is 14.5. The molecule has 284 valence electrons. The molecule has 0 fully saturated rings. The summed E-state index contributed by atoms with van der Waals surface area (Å²) in [7, 11) is 3.40. The van der Waals surface area contributed by atoms with Gasteiger partial charge in [0.1, 0.15) is 23.0 Å². The fourth-order valence-corrected chi connectivity index (χ4v) is 9.60. The Morgan fingerprint density at radius 2 is 0.759 bits per heavy atom. The van der Waals surface area contributed by atoms with Crippen molar-refractivity contribution in [1.82, 2.24) is 0 Å². The lowest BCUT2D eigenvalue weighted by Gasteiger charge is -2.34. The molecule has 0 saturated carbocycles. The first-order valence-corrected chi connectivity index (χ1v) is 19.6. The molecule has 0 spiro atoms. The van der Waals surface area contributed by atoms with Crippen LogP contribution in [0.5, 0.6) is 23.0 Å². The molecule has 0 aliphatic heterocycles. The monoisotopic (exact) mass is 756 g/mol. The van der Waals surface area contributed by atoms with Crippen molar-refractivity contribution in [3.05, 3.63) is 238 Å². The number of methoxy groups -OCH3 is 2. The summed E-state index contributed by atoms with van der Waals surface area (Å²) < 4.78 is 10.9. The quantitative estimate of drug-likeness (QED) is 0.177. The largest absolute Gasteiger partial charge is 0.508 e. The van der Waals surface area contributed by atoms with E-state index < -0.39 is 10.8 Å². The van der Waals surface area contributed by atoms with Crippen molar-refractivity contribution in [1.29, 1.82) is 0 Å². The summed E-state index contributed by atoms with van der Waals surface area (Å²) in [5.74, 6) is 2.31. The van der Waals surface area contributed by atoms with Crippen molar-refractivity contribution >= 4 is 0 Å². The third-order valence-electron chi connectivity index (χ3n) is 12.2. The van der Waals surface area contributed by atoms with Gasteiger partial charge in [0, 0.05) is 0 Å². The van der Waals surface area contributed by atoms with E-state index in [1.54, 1.807) is 26.4 Å². The second-order valence-electron chi connectivity index (χ2n) is 15.1. The van der Waals surface area contributed by atoms with Crippen molar-refractivity contribution < 1.29 is 19.7 Å². The maximum atomic E-state index is 10.2. The first kappa shape index (κ1) is 36.6. The van der Waals surface area contributed by atoms with Crippen LogP contribution in [0.15, 0.2) is 182 Å². The SMILES string of the molecule is COc1ccc(C2(c3ccc(O)c(C)c3)c3ccccc3-c3ccccc32)cc1C.COc1ccc(C2(c3ccc(O)cc3)c3ccccc3-c3ccccc32)cc1. The molecule has 0 radical (unpaired) electrons. The Morgan fingerprint density at radius 3 is 1.17 bits per heavy atom. The van der Waals surface area contributed by atoms with Crippen molar-refractivity contribution in [3.8, 4) is 45.3 Å². The van der Waals surface area contributed by atoms with Gasteiger partial charge in [-0.1, -0.05) is 146 Å². The van der Waals surface area contributed by atoms with E-state index in [4.69, 9.17) is 9.47 Å². The van der Waals surface area contributed by atoms with Gasteiger partial charge in [-0.05, 0) is 128 Å². The fraction of sp³-hybridized carbons (Fsp3) is 0.111. The number of phenolic OH excluding ortho intramolecular Hbond substituents is 2. The molecule has 2 aliphatic rings. The summed E-state index contributed by atoms with van der Waals surface area (Å²) in [5, 5.41) is 20.1. The number of benzene rings is 8. The molecular weight excluding hydrogens is 713 g/mol. The van der Waals surface area contributed by atoms with Crippen molar-refractivity contribution in [3.63, 3.8) is 0 Å². The van der Waals surface area contributed by atoms with Crippen LogP contribution < -0.4 is 9.47 Å². The molecule has 0 amide bonds. The third kappa shape index (κ3) is 5.51. The lowest BCUT2D eigenvalue weighted by atomic mass is 9.67. The summed E-state index contributed by atoms with van der Waals surface area (Å²) in [4.78, 5) is 0.